The number of pyridine rings is 1. The molecule has 1 aromatic carbocycles. The van der Waals surface area contributed by atoms with Crippen LogP contribution in [-0.4, -0.2) is 108 Å². The molecule has 0 spiro atoms. The van der Waals surface area contributed by atoms with Crippen LogP contribution in [0.3, 0.4) is 0 Å². The van der Waals surface area contributed by atoms with Crippen LogP contribution in [0.4, 0.5) is 31.8 Å². The van der Waals surface area contributed by atoms with E-state index < -0.39 is 13.0 Å². The van der Waals surface area contributed by atoms with Crippen molar-refractivity contribution in [1.82, 2.24) is 69.7 Å². The number of H-pyrrole nitrogens is 3. The number of nitrogens with one attached hydrogen (secondary N) is 7. The smallest absolute Gasteiger partial charge is 0.296 e. The number of aromatic nitrogens is 13. The number of carbonyl (C=O) groups excluding carboxylic acids is 1. The summed E-state index contributed by atoms with van der Waals surface area (Å²) >= 11 is 21.0. The van der Waals surface area contributed by atoms with Gasteiger partial charge in [-0.05, 0) is 78.9 Å². The van der Waals surface area contributed by atoms with Gasteiger partial charge >= 0.3 is 0 Å². The Bertz CT molecular complexity index is 3910. The maximum atomic E-state index is 12.2. The third-order valence-corrected chi connectivity index (χ3v) is 14.2. The monoisotopic (exact) mass is 1210 g/mol. The molecule has 0 saturated carbocycles. The fourth-order valence-electron chi connectivity index (χ4n) is 8.26. The van der Waals surface area contributed by atoms with E-state index in [9.17, 15) is 13.6 Å². The number of benzene rings is 1. The lowest BCUT2D eigenvalue weighted by molar-refractivity contribution is -0.137. The molecule has 2 aliphatic rings. The number of carbonyl (C=O) groups is 1. The highest BCUT2D eigenvalue weighted by Crippen LogP contribution is 2.31. The lowest BCUT2D eigenvalue weighted by atomic mass is 10.2. The molecule has 24 nitrogen and oxygen atoms in total. The Kier molecular flexibility index (Phi) is 18.4. The van der Waals surface area contributed by atoms with Crippen LogP contribution in [0.5, 0.6) is 12.0 Å². The van der Waals surface area contributed by atoms with Gasteiger partial charge in [-0.25, -0.2) is 38.7 Å². The molecule has 0 radical (unpaired) electrons. The minimum Gasteiger partial charge on any atom is -0.467 e. The van der Waals surface area contributed by atoms with Crippen molar-refractivity contribution in [3.63, 3.8) is 0 Å². The molecule has 1 fully saturated rings. The first kappa shape index (κ1) is 56.5. The minimum atomic E-state index is -2.56. The van der Waals surface area contributed by atoms with E-state index in [-0.39, 0.29) is 23.3 Å². The van der Waals surface area contributed by atoms with Gasteiger partial charge in [0.2, 0.25) is 16.5 Å². The predicted octanol–water partition coefficient (Wildman–Crippen LogP) is 10.5. The molecule has 7 N–H and O–H groups in total. The van der Waals surface area contributed by atoms with E-state index in [1.807, 2.05) is 35.0 Å². The second kappa shape index (κ2) is 26.7. The first-order valence-electron chi connectivity index (χ1n) is 24.9. The fourth-order valence-corrected chi connectivity index (χ4v) is 9.94. The second-order valence-corrected chi connectivity index (χ2v) is 20.7. The van der Waals surface area contributed by atoms with Crippen molar-refractivity contribution in [3.05, 3.63) is 139 Å². The summed E-state index contributed by atoms with van der Waals surface area (Å²) in [4.78, 5) is 63.6. The van der Waals surface area contributed by atoms with Crippen LogP contribution < -0.4 is 30.7 Å². The van der Waals surface area contributed by atoms with Gasteiger partial charge in [-0.1, -0.05) is 11.6 Å². The predicted molar refractivity (Wildman–Crippen MR) is 305 cm³/mol. The molecule has 31 heteroatoms. The van der Waals surface area contributed by atoms with Crippen molar-refractivity contribution < 1.29 is 31.9 Å². The number of furan rings is 2. The normalized spacial score (nSPS) is 12.6. The van der Waals surface area contributed by atoms with Crippen molar-refractivity contribution in [2.75, 3.05) is 41.0 Å². The number of aromatic amines is 3. The number of anilines is 4. The first-order valence-corrected chi connectivity index (χ1v) is 27.8. The fraction of sp³-hybridized carbons (Fsp3) is 0.255. The molecular formula is C51H46Cl3F2N19O5S2. The number of nitrogens with zero attached hydrogens (tertiary/aromatic N) is 12. The molecule has 0 unspecified atom stereocenters. The highest BCUT2D eigenvalue weighted by molar-refractivity contribution is 7.09. The minimum absolute atomic E-state index is 0.0369. The third-order valence-electron chi connectivity index (χ3n) is 12.1. The number of ether oxygens (including phenoxy) is 2. The molecule has 1 aliphatic heterocycles. The lowest BCUT2D eigenvalue weighted by Gasteiger charge is -2.37. The van der Waals surface area contributed by atoms with Gasteiger partial charge in [-0.3, -0.25) is 4.79 Å². The summed E-state index contributed by atoms with van der Waals surface area (Å²) in [6.45, 7) is 4.08. The average molecular weight is 1210 g/mol. The Balaban J connectivity index is 0.000000124. The Morgan fingerprint density at radius 2 is 1.52 bits per heavy atom. The van der Waals surface area contributed by atoms with E-state index in [1.165, 1.54) is 30.0 Å². The number of halogens is 5. The standard InChI is InChI=1S/C14H14ClN7O2S.C13H11ClF2N4OS.C12H12ClN3O.C12H9N5O/c1-7(23)22-5-8(6-22)24-14-18-10-11(17-4-9-16-2-3-25-9)19-13(15)20-12(10)21-14;14-7-3-8(18-5-11-17-1-2-22-11)12-9(4-7)19-13(20-12)21-6-10(15)16;13-12-15-10-5-1-4-9(10)11(16-12)14-7-8-3-2-6-17-8;13-4-8-5-15-12-11(16-7-17-12)10(8)14-6-9-2-1-3-18-9/h2-3,8H,4-6H2,1H3,(H2,17,18,19,20,21);1-4,10,18H,5-6H2,(H,19,20);2-3,6H,1,4-5,7H2,(H,14,15,16);1-3,5,7H,6H2,(H2,14,15,16,17). The number of hydrogen-bond acceptors (Lipinski definition) is 22. The van der Waals surface area contributed by atoms with Crippen LogP contribution in [0.25, 0.3) is 33.4 Å². The van der Waals surface area contributed by atoms with Crippen LogP contribution >= 0.6 is 57.5 Å². The topological polar surface area (TPSA) is 313 Å². The van der Waals surface area contributed by atoms with Gasteiger partial charge in [0, 0.05) is 46.9 Å². The SMILES string of the molecule is CC(=O)N1CC(Oc2nc3nc(Cl)nc(NCc4nccs4)c3[nH]2)C1.Clc1nc2c(c(NCc3ccco3)n1)CCC2.FC(F)COc1nc2c(NCc3nccs3)cc(Cl)cc2[nH]1.N#Cc1cnc2nc[nH]c2c1NCc1ccco1. The number of rotatable bonds is 17. The molecule has 1 aliphatic carbocycles. The van der Waals surface area contributed by atoms with E-state index in [2.05, 4.69) is 92.1 Å². The number of hydrogen-bond donors (Lipinski definition) is 7. The van der Waals surface area contributed by atoms with Crippen molar-refractivity contribution in [2.24, 2.45) is 0 Å². The molecule has 0 bridgehead atoms. The largest absolute Gasteiger partial charge is 0.467 e. The van der Waals surface area contributed by atoms with Gasteiger partial charge in [0.15, 0.2) is 23.7 Å². The first-order chi connectivity index (χ1) is 39.9. The summed E-state index contributed by atoms with van der Waals surface area (Å²) in [5.41, 5.74) is 7.63. The quantitative estimate of drug-likeness (QED) is 0.0417. The van der Waals surface area contributed by atoms with Crippen LogP contribution in [-0.2, 0) is 43.8 Å². The summed E-state index contributed by atoms with van der Waals surface area (Å²) < 4.78 is 45.5. The van der Waals surface area contributed by atoms with Gasteiger partial charge < -0.3 is 59.4 Å². The summed E-state index contributed by atoms with van der Waals surface area (Å²) in [5.74, 6) is 3.09. The third kappa shape index (κ3) is 14.6. The van der Waals surface area contributed by atoms with Gasteiger partial charge in [0.05, 0.1) is 86.3 Å². The second-order valence-electron chi connectivity index (χ2n) is 17.6. The van der Waals surface area contributed by atoms with Gasteiger partial charge in [0.25, 0.3) is 18.4 Å². The number of aryl methyl sites for hydroxylation is 1. The summed E-state index contributed by atoms with van der Waals surface area (Å²) in [7, 11) is 0. The summed E-state index contributed by atoms with van der Waals surface area (Å²) in [6, 6.07) is 13.3. The number of fused-ring (bicyclic) bond motifs is 4. The highest BCUT2D eigenvalue weighted by Gasteiger charge is 2.31. The molecule has 13 rings (SSSR count). The highest BCUT2D eigenvalue weighted by atomic mass is 35.5. The summed E-state index contributed by atoms with van der Waals surface area (Å²) in [5, 5.41) is 28.4. The maximum Gasteiger partial charge on any atom is 0.296 e. The van der Waals surface area contributed by atoms with Crippen LogP contribution in [0.15, 0.2) is 93.4 Å². The Labute approximate surface area is 486 Å². The van der Waals surface area contributed by atoms with E-state index in [1.54, 1.807) is 59.6 Å². The molecule has 0 atom stereocenters. The van der Waals surface area contributed by atoms with Gasteiger partial charge in [-0.15, -0.1) is 22.7 Å². The molecule has 422 valence electrons. The zero-order chi connectivity index (χ0) is 57.0. The Morgan fingerprint density at radius 1 is 0.817 bits per heavy atom. The summed E-state index contributed by atoms with van der Waals surface area (Å²) in [6.07, 6.45) is 10.3. The van der Waals surface area contributed by atoms with Crippen LogP contribution in [0, 0.1) is 11.3 Å². The molecule has 1 amide bonds. The Morgan fingerprint density at radius 3 is 2.21 bits per heavy atom. The molecule has 1 saturated heterocycles. The van der Waals surface area contributed by atoms with E-state index in [0.717, 1.165) is 57.8 Å². The number of thiazole rings is 2. The van der Waals surface area contributed by atoms with Crippen molar-refractivity contribution in [3.8, 4) is 18.1 Å². The molecule has 11 heterocycles. The number of amides is 1. The molecule has 10 aromatic heterocycles. The molecular weight excluding hydrogens is 1170 g/mol. The number of likely N-dealkylation sites (tertiary alicyclic amines) is 1. The van der Waals surface area contributed by atoms with Crippen LogP contribution in [0.1, 0.15) is 51.7 Å². The van der Waals surface area contributed by atoms with E-state index in [4.69, 9.17) is 58.4 Å². The van der Waals surface area contributed by atoms with Gasteiger partial charge in [-0.2, -0.15) is 25.2 Å². The number of alkyl halides is 2. The number of imidazole rings is 3. The maximum absolute atomic E-state index is 12.2. The molecule has 11 aromatic rings. The van der Waals surface area contributed by atoms with E-state index >= 15 is 0 Å². The zero-order valence-corrected chi connectivity index (χ0v) is 46.8. The van der Waals surface area contributed by atoms with E-state index in [0.29, 0.717) is 106 Å². The van der Waals surface area contributed by atoms with Crippen LogP contribution in [0.2, 0.25) is 15.6 Å². The molecule has 82 heavy (non-hydrogen) atoms. The van der Waals surface area contributed by atoms with Crippen molar-refractivity contribution in [2.45, 2.75) is 64.9 Å². The van der Waals surface area contributed by atoms with Crippen molar-refractivity contribution in [1.29, 1.82) is 5.26 Å². The van der Waals surface area contributed by atoms with Crippen molar-refractivity contribution >= 4 is 120 Å². The van der Waals surface area contributed by atoms with Gasteiger partial charge in [0.1, 0.15) is 56.1 Å². The lowest BCUT2D eigenvalue weighted by Crippen LogP contribution is -2.55. The zero-order valence-electron chi connectivity index (χ0n) is 42.9. The number of nitriles is 1. The Hall–Kier alpha value is -8.75. The average Bonchev–Trinajstić information content (AvgIpc) is 4.39.